The number of furan rings is 1. The van der Waals surface area contributed by atoms with Gasteiger partial charge in [-0.15, -0.1) is 5.10 Å². The molecule has 0 saturated carbocycles. The van der Waals surface area contributed by atoms with E-state index in [-0.39, 0.29) is 6.10 Å². The van der Waals surface area contributed by atoms with Gasteiger partial charge in [0.25, 0.3) is 0 Å². The van der Waals surface area contributed by atoms with Crippen molar-refractivity contribution < 1.29 is 9.15 Å². The molecule has 3 heterocycles. The number of aryl methyl sites for hydroxylation is 1. The van der Waals surface area contributed by atoms with E-state index in [4.69, 9.17) is 14.9 Å². The summed E-state index contributed by atoms with van der Waals surface area (Å²) in [6.45, 7) is 4.39. The highest BCUT2D eigenvalue weighted by atomic mass is 16.5. The van der Waals surface area contributed by atoms with Gasteiger partial charge in [-0.3, -0.25) is 0 Å². The molecule has 0 unspecified atom stereocenters. The van der Waals surface area contributed by atoms with Crippen LogP contribution in [0.2, 0.25) is 0 Å². The van der Waals surface area contributed by atoms with Gasteiger partial charge in [0.1, 0.15) is 17.4 Å². The van der Waals surface area contributed by atoms with Gasteiger partial charge in [-0.25, -0.2) is 9.50 Å². The Kier molecular flexibility index (Phi) is 3.46. The standard InChI is InChI=1S/C18H18N4O2/c1-11-3-4-15-13(7-11)8-16(24-15)14-10-20-17-5-6-18(21-22(14)17)23-12(2)9-19/h3-8,10,12H,9,19H2,1-2H3/t12-/m1/s1. The third-order valence-electron chi connectivity index (χ3n) is 3.92. The van der Waals surface area contributed by atoms with Crippen molar-refractivity contribution >= 4 is 16.6 Å². The van der Waals surface area contributed by atoms with Gasteiger partial charge in [0.05, 0.1) is 6.20 Å². The first-order chi connectivity index (χ1) is 11.6. The molecule has 0 saturated heterocycles. The third-order valence-corrected chi connectivity index (χ3v) is 3.92. The number of ether oxygens (including phenoxy) is 1. The quantitative estimate of drug-likeness (QED) is 0.624. The van der Waals surface area contributed by atoms with Gasteiger partial charge in [-0.1, -0.05) is 11.6 Å². The van der Waals surface area contributed by atoms with Gasteiger partial charge in [0.2, 0.25) is 5.88 Å². The average molecular weight is 322 g/mol. The number of hydrogen-bond donors (Lipinski definition) is 1. The normalized spacial score (nSPS) is 12.8. The second-order valence-corrected chi connectivity index (χ2v) is 5.90. The van der Waals surface area contributed by atoms with Crippen LogP contribution >= 0.6 is 0 Å². The topological polar surface area (TPSA) is 78.6 Å². The fraction of sp³-hybridized carbons (Fsp3) is 0.222. The Labute approximate surface area is 138 Å². The number of aromatic nitrogens is 3. The lowest BCUT2D eigenvalue weighted by atomic mass is 10.2. The summed E-state index contributed by atoms with van der Waals surface area (Å²) in [5.74, 6) is 1.23. The van der Waals surface area contributed by atoms with E-state index in [0.29, 0.717) is 12.4 Å². The Morgan fingerprint density at radius 3 is 2.96 bits per heavy atom. The molecule has 6 heteroatoms. The molecule has 4 rings (SSSR count). The number of hydrogen-bond acceptors (Lipinski definition) is 5. The summed E-state index contributed by atoms with van der Waals surface area (Å²) in [5.41, 5.74) is 9.15. The number of rotatable bonds is 4. The van der Waals surface area contributed by atoms with Gasteiger partial charge >= 0.3 is 0 Å². The Hall–Kier alpha value is -2.86. The summed E-state index contributed by atoms with van der Waals surface area (Å²) in [5, 5.41) is 5.56. The molecule has 1 aromatic carbocycles. The van der Waals surface area contributed by atoms with E-state index in [9.17, 15) is 0 Å². The molecular formula is C18H18N4O2. The van der Waals surface area contributed by atoms with Crippen LogP contribution in [0, 0.1) is 6.92 Å². The molecule has 2 N–H and O–H groups in total. The zero-order valence-corrected chi connectivity index (χ0v) is 13.6. The minimum absolute atomic E-state index is 0.101. The Morgan fingerprint density at radius 2 is 2.12 bits per heavy atom. The molecule has 0 spiro atoms. The van der Waals surface area contributed by atoms with Crippen LogP contribution in [-0.2, 0) is 0 Å². The van der Waals surface area contributed by atoms with Gasteiger partial charge in [-0.2, -0.15) is 0 Å². The minimum atomic E-state index is -0.101. The highest BCUT2D eigenvalue weighted by Crippen LogP contribution is 2.29. The number of imidazole rings is 1. The van der Waals surface area contributed by atoms with Crippen molar-refractivity contribution in [3.8, 4) is 17.3 Å². The third kappa shape index (κ3) is 2.51. The maximum absolute atomic E-state index is 5.96. The molecule has 0 aliphatic carbocycles. The van der Waals surface area contributed by atoms with Crippen LogP contribution in [0.3, 0.4) is 0 Å². The van der Waals surface area contributed by atoms with Crippen LogP contribution in [0.15, 0.2) is 47.0 Å². The molecule has 0 bridgehead atoms. The zero-order chi connectivity index (χ0) is 16.7. The van der Waals surface area contributed by atoms with Crippen LogP contribution in [0.4, 0.5) is 0 Å². The summed E-state index contributed by atoms with van der Waals surface area (Å²) in [6.07, 6.45) is 1.65. The van der Waals surface area contributed by atoms with E-state index < -0.39 is 0 Å². The van der Waals surface area contributed by atoms with E-state index in [1.807, 2.05) is 31.2 Å². The lowest BCUT2D eigenvalue weighted by molar-refractivity contribution is 0.217. The second-order valence-electron chi connectivity index (χ2n) is 5.90. The largest absolute Gasteiger partial charge is 0.472 e. The maximum Gasteiger partial charge on any atom is 0.232 e. The Balaban J connectivity index is 1.81. The molecule has 0 fully saturated rings. The fourth-order valence-corrected chi connectivity index (χ4v) is 2.63. The number of benzene rings is 1. The zero-order valence-electron chi connectivity index (χ0n) is 13.6. The number of nitrogens with zero attached hydrogens (tertiary/aromatic N) is 3. The molecule has 0 aliphatic rings. The predicted octanol–water partition coefficient (Wildman–Crippen LogP) is 3.18. The van der Waals surface area contributed by atoms with Crippen molar-refractivity contribution in [3.05, 3.63) is 48.2 Å². The van der Waals surface area contributed by atoms with Gasteiger partial charge in [0.15, 0.2) is 11.4 Å². The van der Waals surface area contributed by atoms with Gasteiger partial charge < -0.3 is 14.9 Å². The van der Waals surface area contributed by atoms with Crippen molar-refractivity contribution in [2.75, 3.05) is 6.54 Å². The van der Waals surface area contributed by atoms with Crippen LogP contribution in [0.5, 0.6) is 5.88 Å². The maximum atomic E-state index is 5.96. The number of nitrogens with two attached hydrogens (primary N) is 1. The highest BCUT2D eigenvalue weighted by molar-refractivity contribution is 5.83. The van der Waals surface area contributed by atoms with Crippen molar-refractivity contribution in [3.63, 3.8) is 0 Å². The predicted molar refractivity (Wildman–Crippen MR) is 92.1 cm³/mol. The van der Waals surface area contributed by atoms with Crippen LogP contribution in [0.25, 0.3) is 28.1 Å². The fourth-order valence-electron chi connectivity index (χ4n) is 2.63. The summed E-state index contributed by atoms with van der Waals surface area (Å²) in [4.78, 5) is 4.38. The SMILES string of the molecule is Cc1ccc2oc(-c3cnc4ccc(O[C@H](C)CN)nn34)cc2c1. The molecule has 1 atom stereocenters. The van der Waals surface area contributed by atoms with Crippen LogP contribution < -0.4 is 10.5 Å². The Morgan fingerprint density at radius 1 is 1.25 bits per heavy atom. The molecule has 0 radical (unpaired) electrons. The second kappa shape index (κ2) is 5.65. The first-order valence-electron chi connectivity index (χ1n) is 7.86. The minimum Gasteiger partial charge on any atom is -0.472 e. The van der Waals surface area contributed by atoms with E-state index in [2.05, 4.69) is 23.1 Å². The highest BCUT2D eigenvalue weighted by Gasteiger charge is 2.14. The summed E-state index contributed by atoms with van der Waals surface area (Å²) in [6, 6.07) is 11.8. The molecule has 4 aromatic rings. The van der Waals surface area contributed by atoms with E-state index >= 15 is 0 Å². The first-order valence-corrected chi connectivity index (χ1v) is 7.86. The van der Waals surface area contributed by atoms with Gasteiger partial charge in [0, 0.05) is 18.0 Å². The lowest BCUT2D eigenvalue weighted by Crippen LogP contribution is -2.23. The van der Waals surface area contributed by atoms with Crippen molar-refractivity contribution in [2.45, 2.75) is 20.0 Å². The number of fused-ring (bicyclic) bond motifs is 2. The van der Waals surface area contributed by atoms with Crippen LogP contribution in [-0.4, -0.2) is 27.2 Å². The van der Waals surface area contributed by atoms with E-state index in [1.165, 1.54) is 5.56 Å². The van der Waals surface area contributed by atoms with Crippen molar-refractivity contribution in [1.82, 2.24) is 14.6 Å². The summed E-state index contributed by atoms with van der Waals surface area (Å²) in [7, 11) is 0. The Bertz CT molecular complexity index is 1020. The summed E-state index contributed by atoms with van der Waals surface area (Å²) < 4.78 is 13.4. The van der Waals surface area contributed by atoms with E-state index in [0.717, 1.165) is 28.1 Å². The molecule has 122 valence electrons. The van der Waals surface area contributed by atoms with Crippen molar-refractivity contribution in [2.24, 2.45) is 5.73 Å². The first kappa shape index (κ1) is 14.7. The molecule has 0 amide bonds. The van der Waals surface area contributed by atoms with Gasteiger partial charge in [-0.05, 0) is 38.1 Å². The average Bonchev–Trinajstić information content (AvgIpc) is 3.17. The summed E-state index contributed by atoms with van der Waals surface area (Å²) >= 11 is 0. The van der Waals surface area contributed by atoms with Crippen LogP contribution in [0.1, 0.15) is 12.5 Å². The molecule has 3 aromatic heterocycles. The smallest absolute Gasteiger partial charge is 0.232 e. The van der Waals surface area contributed by atoms with Crippen molar-refractivity contribution in [1.29, 1.82) is 0 Å². The molecule has 0 aliphatic heterocycles. The molecular weight excluding hydrogens is 304 g/mol. The lowest BCUT2D eigenvalue weighted by Gasteiger charge is -2.11. The molecule has 6 nitrogen and oxygen atoms in total. The monoisotopic (exact) mass is 322 g/mol. The van der Waals surface area contributed by atoms with E-state index in [1.54, 1.807) is 16.8 Å². The molecule has 24 heavy (non-hydrogen) atoms.